The molecule has 0 aliphatic rings. The van der Waals surface area contributed by atoms with E-state index in [1.165, 1.54) is 42.5 Å². The molecule has 1 heterocycles. The zero-order valence-electron chi connectivity index (χ0n) is 11.7. The van der Waals surface area contributed by atoms with Crippen LogP contribution in [0.1, 0.15) is 21.0 Å². The van der Waals surface area contributed by atoms with E-state index in [-0.39, 0.29) is 17.1 Å². The van der Waals surface area contributed by atoms with Gasteiger partial charge in [0.25, 0.3) is 11.8 Å². The standard InChI is InChI=1S/C16H14FN3O2/c1-2-10-18-15(21)13-8-5-9-14(19-13)16(22)20-12-7-4-3-6-11(12)17/h2-9H,1,10H2,(H,18,21)(H,20,22). The minimum atomic E-state index is -0.594. The predicted octanol–water partition coefficient (Wildman–Crippen LogP) is 2.39. The lowest BCUT2D eigenvalue weighted by molar-refractivity contribution is 0.0953. The second-order valence-corrected chi connectivity index (χ2v) is 4.34. The number of carbonyl (C=O) groups excluding carboxylic acids is 2. The van der Waals surface area contributed by atoms with E-state index in [4.69, 9.17) is 0 Å². The summed E-state index contributed by atoms with van der Waals surface area (Å²) in [5.74, 6) is -1.56. The van der Waals surface area contributed by atoms with Gasteiger partial charge in [0.1, 0.15) is 17.2 Å². The third kappa shape index (κ3) is 3.76. The van der Waals surface area contributed by atoms with E-state index >= 15 is 0 Å². The summed E-state index contributed by atoms with van der Waals surface area (Å²) in [5, 5.41) is 4.97. The number of pyridine rings is 1. The van der Waals surface area contributed by atoms with Crippen LogP contribution in [0.15, 0.2) is 55.1 Å². The number of carbonyl (C=O) groups is 2. The van der Waals surface area contributed by atoms with Crippen LogP contribution in [0.25, 0.3) is 0 Å². The topological polar surface area (TPSA) is 71.1 Å². The van der Waals surface area contributed by atoms with Crippen LogP contribution in [0, 0.1) is 5.82 Å². The zero-order chi connectivity index (χ0) is 15.9. The maximum absolute atomic E-state index is 13.5. The lowest BCUT2D eigenvalue weighted by Gasteiger charge is -2.07. The van der Waals surface area contributed by atoms with Crippen molar-refractivity contribution in [3.05, 3.63) is 72.3 Å². The molecular formula is C16H14FN3O2. The number of hydrogen-bond donors (Lipinski definition) is 2. The molecule has 0 aliphatic heterocycles. The van der Waals surface area contributed by atoms with E-state index in [9.17, 15) is 14.0 Å². The van der Waals surface area contributed by atoms with Gasteiger partial charge in [0, 0.05) is 6.54 Å². The van der Waals surface area contributed by atoms with Crippen LogP contribution < -0.4 is 10.6 Å². The van der Waals surface area contributed by atoms with E-state index in [0.29, 0.717) is 6.54 Å². The molecule has 2 N–H and O–H groups in total. The summed E-state index contributed by atoms with van der Waals surface area (Å²) < 4.78 is 13.5. The number of para-hydroxylation sites is 1. The van der Waals surface area contributed by atoms with Gasteiger partial charge in [0.15, 0.2) is 0 Å². The molecule has 0 spiro atoms. The molecule has 0 atom stereocenters. The molecular weight excluding hydrogens is 285 g/mol. The van der Waals surface area contributed by atoms with Crippen molar-refractivity contribution < 1.29 is 14.0 Å². The van der Waals surface area contributed by atoms with Crippen molar-refractivity contribution in [1.82, 2.24) is 10.3 Å². The molecule has 0 aliphatic carbocycles. The van der Waals surface area contributed by atoms with E-state index in [1.807, 2.05) is 0 Å². The van der Waals surface area contributed by atoms with Crippen LogP contribution in [0.3, 0.4) is 0 Å². The summed E-state index contributed by atoms with van der Waals surface area (Å²) >= 11 is 0. The monoisotopic (exact) mass is 299 g/mol. The van der Waals surface area contributed by atoms with E-state index < -0.39 is 17.6 Å². The molecule has 6 heteroatoms. The molecule has 0 bridgehead atoms. The highest BCUT2D eigenvalue weighted by atomic mass is 19.1. The summed E-state index contributed by atoms with van der Waals surface area (Å²) in [7, 11) is 0. The summed E-state index contributed by atoms with van der Waals surface area (Å²) in [4.78, 5) is 27.8. The maximum atomic E-state index is 13.5. The number of hydrogen-bond acceptors (Lipinski definition) is 3. The number of nitrogens with one attached hydrogen (secondary N) is 2. The predicted molar refractivity (Wildman–Crippen MR) is 81.1 cm³/mol. The lowest BCUT2D eigenvalue weighted by atomic mass is 10.2. The van der Waals surface area contributed by atoms with Crippen LogP contribution in [-0.2, 0) is 0 Å². The minimum Gasteiger partial charge on any atom is -0.347 e. The van der Waals surface area contributed by atoms with Crippen molar-refractivity contribution in [1.29, 1.82) is 0 Å². The third-order valence-electron chi connectivity index (χ3n) is 2.74. The summed E-state index contributed by atoms with van der Waals surface area (Å²) in [6, 6.07) is 10.3. The third-order valence-corrected chi connectivity index (χ3v) is 2.74. The lowest BCUT2D eigenvalue weighted by Crippen LogP contribution is -2.25. The van der Waals surface area contributed by atoms with Crippen molar-refractivity contribution in [3.8, 4) is 0 Å². The fraction of sp³-hybridized carbons (Fsp3) is 0.0625. The smallest absolute Gasteiger partial charge is 0.274 e. The molecule has 0 radical (unpaired) electrons. The fourth-order valence-electron chi connectivity index (χ4n) is 1.69. The molecule has 0 saturated carbocycles. The van der Waals surface area contributed by atoms with Crippen LogP contribution in [0.4, 0.5) is 10.1 Å². The van der Waals surface area contributed by atoms with Gasteiger partial charge >= 0.3 is 0 Å². The van der Waals surface area contributed by atoms with Gasteiger partial charge in [-0.3, -0.25) is 9.59 Å². The van der Waals surface area contributed by atoms with Crippen molar-refractivity contribution in [2.75, 3.05) is 11.9 Å². The van der Waals surface area contributed by atoms with Crippen molar-refractivity contribution >= 4 is 17.5 Å². The Bertz CT molecular complexity index is 716. The number of rotatable bonds is 5. The number of aromatic nitrogens is 1. The van der Waals surface area contributed by atoms with Crippen LogP contribution >= 0.6 is 0 Å². The van der Waals surface area contributed by atoms with E-state index in [1.54, 1.807) is 6.07 Å². The number of amides is 2. The fourth-order valence-corrected chi connectivity index (χ4v) is 1.69. The molecule has 1 aromatic heterocycles. The molecule has 2 rings (SSSR count). The van der Waals surface area contributed by atoms with Gasteiger partial charge in [0.2, 0.25) is 0 Å². The second kappa shape index (κ2) is 7.12. The number of halogens is 1. The maximum Gasteiger partial charge on any atom is 0.274 e. The van der Waals surface area contributed by atoms with Crippen LogP contribution in [0.5, 0.6) is 0 Å². The molecule has 0 unspecified atom stereocenters. The van der Waals surface area contributed by atoms with Crippen LogP contribution in [-0.4, -0.2) is 23.3 Å². The Balaban J connectivity index is 2.15. The molecule has 2 amide bonds. The summed E-state index contributed by atoms with van der Waals surface area (Å²) in [5.41, 5.74) is 0.174. The Labute approximate surface area is 126 Å². The normalized spacial score (nSPS) is 9.86. The van der Waals surface area contributed by atoms with Gasteiger partial charge in [-0.25, -0.2) is 9.37 Å². The first-order chi connectivity index (χ1) is 10.6. The minimum absolute atomic E-state index is 0.0227. The van der Waals surface area contributed by atoms with Crippen molar-refractivity contribution in [2.24, 2.45) is 0 Å². The highest BCUT2D eigenvalue weighted by Gasteiger charge is 2.13. The number of anilines is 1. The summed E-state index contributed by atoms with van der Waals surface area (Å²) in [6.07, 6.45) is 1.53. The second-order valence-electron chi connectivity index (χ2n) is 4.34. The highest BCUT2D eigenvalue weighted by molar-refractivity contribution is 6.03. The quantitative estimate of drug-likeness (QED) is 0.833. The molecule has 2 aromatic rings. The highest BCUT2D eigenvalue weighted by Crippen LogP contribution is 2.13. The first-order valence-corrected chi connectivity index (χ1v) is 6.54. The first kappa shape index (κ1) is 15.4. The SMILES string of the molecule is C=CCNC(=O)c1cccc(C(=O)Nc2ccccc2F)n1. The average molecular weight is 299 g/mol. The molecule has 22 heavy (non-hydrogen) atoms. The first-order valence-electron chi connectivity index (χ1n) is 6.54. The van der Waals surface area contributed by atoms with Gasteiger partial charge < -0.3 is 10.6 Å². The largest absolute Gasteiger partial charge is 0.347 e. The van der Waals surface area contributed by atoms with E-state index in [2.05, 4.69) is 22.2 Å². The van der Waals surface area contributed by atoms with Gasteiger partial charge in [0.05, 0.1) is 5.69 Å². The van der Waals surface area contributed by atoms with Crippen molar-refractivity contribution in [3.63, 3.8) is 0 Å². The van der Waals surface area contributed by atoms with Gasteiger partial charge in [-0.2, -0.15) is 0 Å². The van der Waals surface area contributed by atoms with Gasteiger partial charge in [-0.15, -0.1) is 6.58 Å². The zero-order valence-corrected chi connectivity index (χ0v) is 11.7. The number of nitrogens with zero attached hydrogens (tertiary/aromatic N) is 1. The number of benzene rings is 1. The van der Waals surface area contributed by atoms with Gasteiger partial charge in [-0.05, 0) is 24.3 Å². The summed E-state index contributed by atoms with van der Waals surface area (Å²) in [6.45, 7) is 3.79. The molecule has 1 aromatic carbocycles. The van der Waals surface area contributed by atoms with Crippen molar-refractivity contribution in [2.45, 2.75) is 0 Å². The van der Waals surface area contributed by atoms with E-state index in [0.717, 1.165) is 0 Å². The van der Waals surface area contributed by atoms with Crippen LogP contribution in [0.2, 0.25) is 0 Å². The molecule has 0 fully saturated rings. The molecule has 0 saturated heterocycles. The molecule has 112 valence electrons. The Morgan fingerprint density at radius 1 is 1.09 bits per heavy atom. The average Bonchev–Trinajstić information content (AvgIpc) is 2.54. The Kier molecular flexibility index (Phi) is 4.98. The Hall–Kier alpha value is -3.02. The Morgan fingerprint density at radius 3 is 2.45 bits per heavy atom. The molecule has 5 nitrogen and oxygen atoms in total. The Morgan fingerprint density at radius 2 is 1.77 bits per heavy atom. The van der Waals surface area contributed by atoms with Gasteiger partial charge in [-0.1, -0.05) is 24.3 Å².